The third kappa shape index (κ3) is 5.34. The van der Waals surface area contributed by atoms with Gasteiger partial charge in [0.2, 0.25) is 0 Å². The summed E-state index contributed by atoms with van der Waals surface area (Å²) in [6, 6.07) is 29.8. The molecule has 10 nitrogen and oxygen atoms in total. The van der Waals surface area contributed by atoms with Crippen molar-refractivity contribution in [3.8, 4) is 17.1 Å². The Morgan fingerprint density at radius 2 is 0.730 bits per heavy atom. The summed E-state index contributed by atoms with van der Waals surface area (Å²) in [5.74, 6) is 0. The molecule has 3 aromatic heterocycles. The highest BCUT2D eigenvalue weighted by Crippen LogP contribution is 2.15. The predicted octanol–water partition coefficient (Wildman–Crippen LogP) is 3.63. The van der Waals surface area contributed by atoms with Gasteiger partial charge in [0.1, 0.15) is 0 Å². The van der Waals surface area contributed by atoms with Gasteiger partial charge in [-0.2, -0.15) is 0 Å². The molecule has 3 heterocycles. The molecule has 10 heteroatoms. The summed E-state index contributed by atoms with van der Waals surface area (Å²) in [6.07, 6.45) is 5.85. The van der Waals surface area contributed by atoms with Crippen molar-refractivity contribution in [2.24, 2.45) is 0 Å². The van der Waals surface area contributed by atoms with Crippen LogP contribution in [-0.2, 0) is 19.6 Å². The van der Waals surface area contributed by atoms with Crippen LogP contribution in [0.25, 0.3) is 17.1 Å². The van der Waals surface area contributed by atoms with E-state index in [1.54, 1.807) is 14.0 Å². The number of para-hydroxylation sites is 3. The van der Waals surface area contributed by atoms with Crippen molar-refractivity contribution in [3.05, 3.63) is 127 Å². The monoisotopic (exact) mass is 488 g/mol. The molecule has 0 bridgehead atoms. The molecule has 0 radical (unpaired) electrons. The molecule has 6 aromatic rings. The molecule has 0 aliphatic carbocycles. The number of aromatic nitrogens is 9. The summed E-state index contributed by atoms with van der Waals surface area (Å²) in [7, 11) is 0. The van der Waals surface area contributed by atoms with E-state index in [-0.39, 0.29) is 0 Å². The maximum atomic E-state index is 4.41. The Hall–Kier alpha value is -4.96. The molecule has 0 N–H and O–H groups in total. The fourth-order valence-electron chi connectivity index (χ4n) is 4.09. The SMILES string of the molecule is c1ccc(-n2cc(CN(Cc3cn(-c4ccccc4)nn3)Cc3cn(-c4ccccc4)nn3)nn2)cc1. The molecule has 182 valence electrons. The number of hydrogen-bond acceptors (Lipinski definition) is 7. The van der Waals surface area contributed by atoms with Gasteiger partial charge in [-0.3, -0.25) is 4.90 Å². The fraction of sp³-hybridized carbons (Fsp3) is 0.111. The second-order valence-electron chi connectivity index (χ2n) is 8.62. The first-order valence-corrected chi connectivity index (χ1v) is 11.9. The molecule has 0 spiro atoms. The smallest absolute Gasteiger partial charge is 0.0972 e. The van der Waals surface area contributed by atoms with Gasteiger partial charge in [-0.15, -0.1) is 15.3 Å². The quantitative estimate of drug-likeness (QED) is 0.307. The minimum Gasteiger partial charge on any atom is -0.285 e. The van der Waals surface area contributed by atoms with Crippen molar-refractivity contribution in [1.82, 2.24) is 49.9 Å². The predicted molar refractivity (Wildman–Crippen MR) is 137 cm³/mol. The molecule has 0 fully saturated rings. The summed E-state index contributed by atoms with van der Waals surface area (Å²) in [6.45, 7) is 1.68. The van der Waals surface area contributed by atoms with Crippen LogP contribution in [-0.4, -0.2) is 49.9 Å². The summed E-state index contributed by atoms with van der Waals surface area (Å²) in [5.41, 5.74) is 5.41. The molecular weight excluding hydrogens is 464 g/mol. The maximum absolute atomic E-state index is 4.41. The van der Waals surface area contributed by atoms with Crippen molar-refractivity contribution in [1.29, 1.82) is 0 Å². The molecule has 0 saturated carbocycles. The van der Waals surface area contributed by atoms with Crippen LogP contribution >= 0.6 is 0 Å². The van der Waals surface area contributed by atoms with E-state index in [0.717, 1.165) is 34.1 Å². The van der Waals surface area contributed by atoms with Crippen molar-refractivity contribution in [2.75, 3.05) is 0 Å². The molecular formula is C27H24N10. The average Bonchev–Trinajstić information content (AvgIpc) is 3.72. The summed E-state index contributed by atoms with van der Waals surface area (Å²) < 4.78 is 5.35. The Morgan fingerprint density at radius 1 is 0.432 bits per heavy atom. The summed E-state index contributed by atoms with van der Waals surface area (Å²) in [4.78, 5) is 2.21. The summed E-state index contributed by atoms with van der Waals surface area (Å²) >= 11 is 0. The normalized spacial score (nSPS) is 11.3. The highest BCUT2D eigenvalue weighted by molar-refractivity contribution is 5.31. The van der Waals surface area contributed by atoms with Gasteiger partial charge in [-0.1, -0.05) is 70.2 Å². The van der Waals surface area contributed by atoms with Gasteiger partial charge in [0.15, 0.2) is 0 Å². The van der Waals surface area contributed by atoms with Crippen LogP contribution in [0.5, 0.6) is 0 Å². The van der Waals surface area contributed by atoms with Crippen molar-refractivity contribution in [3.63, 3.8) is 0 Å². The molecule has 6 rings (SSSR count). The molecule has 0 saturated heterocycles. The fourth-order valence-corrected chi connectivity index (χ4v) is 4.09. The molecule has 0 atom stereocenters. The van der Waals surface area contributed by atoms with E-state index in [2.05, 4.69) is 35.8 Å². The third-order valence-electron chi connectivity index (χ3n) is 5.84. The van der Waals surface area contributed by atoms with E-state index in [1.807, 2.05) is 110 Å². The topological polar surface area (TPSA) is 95.4 Å². The molecule has 0 amide bonds. The van der Waals surface area contributed by atoms with Crippen molar-refractivity contribution < 1.29 is 0 Å². The number of benzene rings is 3. The Balaban J connectivity index is 1.24. The van der Waals surface area contributed by atoms with Crippen LogP contribution in [0.4, 0.5) is 0 Å². The van der Waals surface area contributed by atoms with Crippen LogP contribution in [0.15, 0.2) is 110 Å². The highest BCUT2D eigenvalue weighted by atomic mass is 15.4. The second-order valence-corrected chi connectivity index (χ2v) is 8.62. The van der Waals surface area contributed by atoms with Gasteiger partial charge in [-0.25, -0.2) is 14.0 Å². The lowest BCUT2D eigenvalue weighted by atomic mass is 10.3. The minimum atomic E-state index is 0.559. The zero-order chi connectivity index (χ0) is 24.9. The van der Waals surface area contributed by atoms with Crippen LogP contribution < -0.4 is 0 Å². The Labute approximate surface area is 213 Å². The second kappa shape index (κ2) is 10.3. The van der Waals surface area contributed by atoms with Gasteiger partial charge in [0.05, 0.1) is 52.7 Å². The zero-order valence-corrected chi connectivity index (χ0v) is 20.0. The number of nitrogens with zero attached hydrogens (tertiary/aromatic N) is 10. The number of hydrogen-bond donors (Lipinski definition) is 0. The molecule has 0 unspecified atom stereocenters. The Kier molecular flexibility index (Phi) is 6.29. The highest BCUT2D eigenvalue weighted by Gasteiger charge is 2.16. The van der Waals surface area contributed by atoms with Gasteiger partial charge in [-0.05, 0) is 36.4 Å². The van der Waals surface area contributed by atoms with Gasteiger partial charge >= 0.3 is 0 Å². The first-order valence-electron chi connectivity index (χ1n) is 11.9. The summed E-state index contributed by atoms with van der Waals surface area (Å²) in [5, 5.41) is 26.2. The average molecular weight is 489 g/mol. The Morgan fingerprint density at radius 3 is 1.03 bits per heavy atom. The van der Waals surface area contributed by atoms with Crippen LogP contribution in [0.3, 0.4) is 0 Å². The molecule has 0 aliphatic rings. The van der Waals surface area contributed by atoms with Gasteiger partial charge < -0.3 is 0 Å². The lowest BCUT2D eigenvalue weighted by Gasteiger charge is -2.18. The van der Waals surface area contributed by atoms with Crippen molar-refractivity contribution >= 4 is 0 Å². The zero-order valence-electron chi connectivity index (χ0n) is 20.0. The lowest BCUT2D eigenvalue weighted by molar-refractivity contribution is 0.238. The molecule has 0 aliphatic heterocycles. The largest absolute Gasteiger partial charge is 0.285 e. The van der Waals surface area contributed by atoms with Crippen LogP contribution in [0.2, 0.25) is 0 Å². The van der Waals surface area contributed by atoms with E-state index >= 15 is 0 Å². The third-order valence-corrected chi connectivity index (χ3v) is 5.84. The van der Waals surface area contributed by atoms with Crippen molar-refractivity contribution in [2.45, 2.75) is 19.6 Å². The maximum Gasteiger partial charge on any atom is 0.0972 e. The molecule has 37 heavy (non-hydrogen) atoms. The van der Waals surface area contributed by atoms with Crippen LogP contribution in [0.1, 0.15) is 17.1 Å². The first kappa shape index (κ1) is 22.5. The van der Waals surface area contributed by atoms with E-state index < -0.39 is 0 Å². The van der Waals surface area contributed by atoms with Gasteiger partial charge in [0, 0.05) is 19.6 Å². The van der Waals surface area contributed by atoms with Gasteiger partial charge in [0.25, 0.3) is 0 Å². The van der Waals surface area contributed by atoms with E-state index in [1.165, 1.54) is 0 Å². The first-order chi connectivity index (χ1) is 18.3. The van der Waals surface area contributed by atoms with E-state index in [9.17, 15) is 0 Å². The Bertz CT molecular complexity index is 1370. The van der Waals surface area contributed by atoms with Crippen LogP contribution in [0, 0.1) is 0 Å². The van der Waals surface area contributed by atoms with E-state index in [0.29, 0.717) is 19.6 Å². The minimum absolute atomic E-state index is 0.559. The van der Waals surface area contributed by atoms with E-state index in [4.69, 9.17) is 0 Å². The molecule has 3 aromatic carbocycles. The number of rotatable bonds is 9. The standard InChI is InChI=1S/C27H24N10/c1-4-10-25(11-5-1)35-19-22(28-31-35)16-34(17-23-20-36(32-29-23)26-12-6-2-7-13-26)18-24-21-37(33-30-24)27-14-8-3-9-15-27/h1-15,19-21H,16-18H2. The lowest BCUT2D eigenvalue weighted by Crippen LogP contribution is -2.23.